The number of benzene rings is 1. The van der Waals surface area contributed by atoms with Gasteiger partial charge in [0.2, 0.25) is 0 Å². The molecule has 0 aromatic heterocycles. The van der Waals surface area contributed by atoms with E-state index in [1.54, 1.807) is 0 Å². The molecule has 2 heteroatoms. The van der Waals surface area contributed by atoms with Crippen molar-refractivity contribution in [2.75, 3.05) is 6.54 Å². The summed E-state index contributed by atoms with van der Waals surface area (Å²) in [6, 6.07) is 8.40. The van der Waals surface area contributed by atoms with Crippen LogP contribution >= 0.6 is 0 Å². The van der Waals surface area contributed by atoms with Crippen LogP contribution in [0.4, 0.5) is 0 Å². The van der Waals surface area contributed by atoms with Crippen LogP contribution in [0.25, 0.3) is 0 Å². The predicted molar refractivity (Wildman–Crippen MR) is 75.8 cm³/mol. The third kappa shape index (κ3) is 4.34. The van der Waals surface area contributed by atoms with Gasteiger partial charge in [-0.2, -0.15) is 0 Å². The number of hydrogen-bond donors (Lipinski definition) is 1. The Balaban J connectivity index is 1.72. The van der Waals surface area contributed by atoms with Gasteiger partial charge in [0.25, 0.3) is 0 Å². The van der Waals surface area contributed by atoms with Gasteiger partial charge >= 0.3 is 0 Å². The third-order valence-electron chi connectivity index (χ3n) is 3.52. The molecule has 1 atom stereocenters. The molecule has 0 amide bonds. The molecule has 100 valence electrons. The second kappa shape index (κ2) is 6.24. The Morgan fingerprint density at radius 3 is 2.39 bits per heavy atom. The summed E-state index contributed by atoms with van der Waals surface area (Å²) in [6.07, 6.45) is 3.11. The first kappa shape index (κ1) is 13.4. The van der Waals surface area contributed by atoms with Gasteiger partial charge in [0.15, 0.2) is 0 Å². The lowest BCUT2D eigenvalue weighted by atomic mass is 10.1. The van der Waals surface area contributed by atoms with Crippen molar-refractivity contribution in [3.63, 3.8) is 0 Å². The maximum Gasteiger partial charge on any atom is 0.119 e. The molecule has 0 aliphatic heterocycles. The van der Waals surface area contributed by atoms with Crippen molar-refractivity contribution < 1.29 is 4.74 Å². The molecule has 1 fully saturated rings. The minimum Gasteiger partial charge on any atom is -0.491 e. The number of ether oxygens (including phenoxy) is 1. The van der Waals surface area contributed by atoms with Crippen LogP contribution in [0.15, 0.2) is 24.3 Å². The van der Waals surface area contributed by atoms with Crippen LogP contribution in [0.5, 0.6) is 5.75 Å². The lowest BCUT2D eigenvalue weighted by Crippen LogP contribution is -2.21. The van der Waals surface area contributed by atoms with Gasteiger partial charge in [0.1, 0.15) is 5.75 Å². The summed E-state index contributed by atoms with van der Waals surface area (Å²) >= 11 is 0. The summed E-state index contributed by atoms with van der Waals surface area (Å²) in [6.45, 7) is 8.54. The van der Waals surface area contributed by atoms with Crippen molar-refractivity contribution in [2.45, 2.75) is 46.3 Å². The molecule has 1 N–H and O–H groups in total. The van der Waals surface area contributed by atoms with Gasteiger partial charge in [0.05, 0.1) is 6.10 Å². The average molecular weight is 247 g/mol. The maximum atomic E-state index is 5.63. The minimum absolute atomic E-state index is 0.244. The summed E-state index contributed by atoms with van der Waals surface area (Å²) in [4.78, 5) is 0. The molecular weight excluding hydrogens is 222 g/mol. The van der Waals surface area contributed by atoms with Crippen molar-refractivity contribution in [1.29, 1.82) is 0 Å². The normalized spacial score (nSPS) is 16.9. The molecule has 1 aromatic carbocycles. The monoisotopic (exact) mass is 247 g/mol. The first-order valence-electron chi connectivity index (χ1n) is 7.11. The predicted octanol–water partition coefficient (Wildman–Crippen LogP) is 3.61. The van der Waals surface area contributed by atoms with E-state index in [1.165, 1.54) is 18.4 Å². The fraction of sp³-hybridized carbons (Fsp3) is 0.625. The second-order valence-electron chi connectivity index (χ2n) is 5.76. The van der Waals surface area contributed by atoms with E-state index < -0.39 is 0 Å². The zero-order chi connectivity index (χ0) is 13.0. The summed E-state index contributed by atoms with van der Waals surface area (Å²) < 4.78 is 5.63. The van der Waals surface area contributed by atoms with Gasteiger partial charge in [-0.15, -0.1) is 0 Å². The van der Waals surface area contributed by atoms with E-state index in [4.69, 9.17) is 4.74 Å². The zero-order valence-corrected chi connectivity index (χ0v) is 11.8. The van der Waals surface area contributed by atoms with Crippen molar-refractivity contribution in [2.24, 2.45) is 11.8 Å². The van der Waals surface area contributed by atoms with E-state index in [0.717, 1.165) is 30.7 Å². The Hall–Kier alpha value is -1.02. The fourth-order valence-electron chi connectivity index (χ4n) is 2.23. The average Bonchev–Trinajstić information content (AvgIpc) is 3.14. The Morgan fingerprint density at radius 2 is 1.83 bits per heavy atom. The lowest BCUT2D eigenvalue weighted by molar-refractivity contribution is 0.242. The van der Waals surface area contributed by atoms with Gasteiger partial charge in [-0.05, 0) is 62.8 Å². The van der Waals surface area contributed by atoms with Gasteiger partial charge in [0, 0.05) is 6.54 Å². The molecular formula is C16H25NO. The highest BCUT2D eigenvalue weighted by Gasteiger charge is 2.27. The maximum absolute atomic E-state index is 5.63. The molecule has 0 radical (unpaired) electrons. The van der Waals surface area contributed by atoms with Gasteiger partial charge in [-0.1, -0.05) is 19.1 Å². The SMILES string of the molecule is CC(C)Oc1ccc(CNCC(C)C2CC2)cc1. The van der Waals surface area contributed by atoms with Crippen LogP contribution in [0, 0.1) is 11.8 Å². The minimum atomic E-state index is 0.244. The van der Waals surface area contributed by atoms with E-state index in [1.807, 2.05) is 0 Å². The van der Waals surface area contributed by atoms with E-state index in [9.17, 15) is 0 Å². The molecule has 1 unspecified atom stereocenters. The molecule has 1 aliphatic carbocycles. The van der Waals surface area contributed by atoms with E-state index in [2.05, 4.69) is 50.4 Å². The molecule has 2 rings (SSSR count). The molecule has 1 aromatic rings. The van der Waals surface area contributed by atoms with Crippen LogP contribution < -0.4 is 10.1 Å². The topological polar surface area (TPSA) is 21.3 Å². The Morgan fingerprint density at radius 1 is 1.17 bits per heavy atom. The second-order valence-corrected chi connectivity index (χ2v) is 5.76. The molecule has 1 aliphatic rings. The van der Waals surface area contributed by atoms with Gasteiger partial charge < -0.3 is 10.1 Å². The molecule has 0 heterocycles. The van der Waals surface area contributed by atoms with Crippen LogP contribution in [0.1, 0.15) is 39.2 Å². The van der Waals surface area contributed by atoms with Gasteiger partial charge in [-0.3, -0.25) is 0 Å². The largest absolute Gasteiger partial charge is 0.491 e. The van der Waals surface area contributed by atoms with Crippen molar-refractivity contribution >= 4 is 0 Å². The van der Waals surface area contributed by atoms with Crippen molar-refractivity contribution in [3.8, 4) is 5.75 Å². The quantitative estimate of drug-likeness (QED) is 0.794. The number of rotatable bonds is 7. The summed E-state index contributed by atoms with van der Waals surface area (Å²) in [7, 11) is 0. The lowest BCUT2D eigenvalue weighted by Gasteiger charge is -2.12. The Labute approximate surface area is 111 Å². The summed E-state index contributed by atoms with van der Waals surface area (Å²) in [5, 5.41) is 3.54. The third-order valence-corrected chi connectivity index (χ3v) is 3.52. The first-order chi connectivity index (χ1) is 8.65. The van der Waals surface area contributed by atoms with Crippen LogP contribution in [0.2, 0.25) is 0 Å². The molecule has 0 saturated heterocycles. The fourth-order valence-corrected chi connectivity index (χ4v) is 2.23. The summed E-state index contributed by atoms with van der Waals surface area (Å²) in [5.74, 6) is 2.77. The molecule has 0 spiro atoms. The summed E-state index contributed by atoms with van der Waals surface area (Å²) in [5.41, 5.74) is 1.33. The van der Waals surface area contributed by atoms with E-state index in [0.29, 0.717) is 0 Å². The Kier molecular flexibility index (Phi) is 4.65. The number of hydrogen-bond acceptors (Lipinski definition) is 2. The number of nitrogens with one attached hydrogen (secondary N) is 1. The van der Waals surface area contributed by atoms with E-state index in [-0.39, 0.29) is 6.10 Å². The van der Waals surface area contributed by atoms with Crippen LogP contribution in [-0.4, -0.2) is 12.6 Å². The molecule has 18 heavy (non-hydrogen) atoms. The van der Waals surface area contributed by atoms with Crippen molar-refractivity contribution in [1.82, 2.24) is 5.32 Å². The van der Waals surface area contributed by atoms with Crippen LogP contribution in [-0.2, 0) is 6.54 Å². The zero-order valence-electron chi connectivity index (χ0n) is 11.8. The standard InChI is InChI=1S/C16H25NO/c1-12(2)18-16-8-4-14(5-9-16)11-17-10-13(3)15-6-7-15/h4-5,8-9,12-13,15,17H,6-7,10-11H2,1-3H3. The van der Waals surface area contributed by atoms with Crippen LogP contribution in [0.3, 0.4) is 0 Å². The molecule has 2 nitrogen and oxygen atoms in total. The highest BCUT2D eigenvalue weighted by molar-refractivity contribution is 5.27. The highest BCUT2D eigenvalue weighted by atomic mass is 16.5. The van der Waals surface area contributed by atoms with Crippen molar-refractivity contribution in [3.05, 3.63) is 29.8 Å². The molecule has 1 saturated carbocycles. The van der Waals surface area contributed by atoms with Gasteiger partial charge in [-0.25, -0.2) is 0 Å². The first-order valence-corrected chi connectivity index (χ1v) is 7.11. The smallest absolute Gasteiger partial charge is 0.119 e. The Bertz CT molecular complexity index is 354. The highest BCUT2D eigenvalue weighted by Crippen LogP contribution is 2.36. The van der Waals surface area contributed by atoms with E-state index >= 15 is 0 Å². The molecule has 0 bridgehead atoms.